The number of ether oxygens (including phenoxy) is 1. The monoisotopic (exact) mass is 471 g/mol. The van der Waals surface area contributed by atoms with Crippen LogP contribution < -0.4 is 9.64 Å². The smallest absolute Gasteiger partial charge is 0.253 e. The van der Waals surface area contributed by atoms with E-state index < -0.39 is 0 Å². The molecule has 3 aliphatic heterocycles. The predicted octanol–water partition coefficient (Wildman–Crippen LogP) is 6.20. The number of nitrogens with zero attached hydrogens (tertiary/aromatic N) is 3. The number of hydrogen-bond donors (Lipinski definition) is 0. The standard InChI is InChI=1S/C29H33N3O3/c1-3-30(4-2)29(33)21-9-12-26-28(15-21)35-27-8-6-5-7-25(27)32(26)24-16-22-10-11-23(17-24)31(22)18-20-13-14-34-19-20/h5-9,12-15,19,22-24H,3-4,10-11,16-18H2,1-2H3/t22-,23+,24?. The number of rotatable bonds is 6. The van der Waals surface area contributed by atoms with Crippen LogP contribution in [0.4, 0.5) is 11.4 Å². The summed E-state index contributed by atoms with van der Waals surface area (Å²) in [5, 5.41) is 0. The summed E-state index contributed by atoms with van der Waals surface area (Å²) in [6, 6.07) is 17.9. The molecule has 6 nitrogen and oxygen atoms in total. The highest BCUT2D eigenvalue weighted by Crippen LogP contribution is 2.51. The molecule has 3 atom stereocenters. The predicted molar refractivity (Wildman–Crippen MR) is 136 cm³/mol. The van der Waals surface area contributed by atoms with Crippen molar-refractivity contribution >= 4 is 17.3 Å². The van der Waals surface area contributed by atoms with E-state index in [9.17, 15) is 4.79 Å². The van der Waals surface area contributed by atoms with Crippen molar-refractivity contribution in [2.75, 3.05) is 18.0 Å². The van der Waals surface area contributed by atoms with Crippen molar-refractivity contribution in [2.24, 2.45) is 0 Å². The van der Waals surface area contributed by atoms with Gasteiger partial charge in [-0.25, -0.2) is 0 Å². The fourth-order valence-corrected chi connectivity index (χ4v) is 6.31. The molecular weight excluding hydrogens is 438 g/mol. The van der Waals surface area contributed by atoms with Gasteiger partial charge in [-0.15, -0.1) is 0 Å². The Morgan fingerprint density at radius 3 is 2.40 bits per heavy atom. The van der Waals surface area contributed by atoms with Crippen LogP contribution in [0.15, 0.2) is 65.5 Å². The van der Waals surface area contributed by atoms with Crippen LogP contribution in [0.5, 0.6) is 11.5 Å². The number of anilines is 2. The van der Waals surface area contributed by atoms with Crippen molar-refractivity contribution < 1.29 is 13.9 Å². The van der Waals surface area contributed by atoms with Gasteiger partial charge in [-0.1, -0.05) is 12.1 Å². The van der Waals surface area contributed by atoms with E-state index in [-0.39, 0.29) is 5.91 Å². The van der Waals surface area contributed by atoms with Gasteiger partial charge in [-0.2, -0.15) is 0 Å². The van der Waals surface area contributed by atoms with E-state index in [2.05, 4.69) is 34.1 Å². The maximum absolute atomic E-state index is 13.0. The summed E-state index contributed by atoms with van der Waals surface area (Å²) in [4.78, 5) is 20.0. The van der Waals surface area contributed by atoms with Gasteiger partial charge in [-0.3, -0.25) is 9.69 Å². The van der Waals surface area contributed by atoms with Gasteiger partial charge < -0.3 is 19.0 Å². The summed E-state index contributed by atoms with van der Waals surface area (Å²) >= 11 is 0. The Hall–Kier alpha value is -3.25. The molecule has 2 saturated heterocycles. The third kappa shape index (κ3) is 3.90. The number of piperidine rings is 1. The van der Waals surface area contributed by atoms with E-state index >= 15 is 0 Å². The fourth-order valence-electron chi connectivity index (χ4n) is 6.31. The van der Waals surface area contributed by atoms with Crippen molar-refractivity contribution in [3.8, 4) is 11.5 Å². The molecule has 6 heteroatoms. The molecule has 2 fully saturated rings. The second kappa shape index (κ2) is 9.08. The van der Waals surface area contributed by atoms with Crippen molar-refractivity contribution in [2.45, 2.75) is 64.2 Å². The summed E-state index contributed by atoms with van der Waals surface area (Å²) in [6.45, 7) is 6.39. The molecular formula is C29H33N3O3. The molecule has 1 aromatic heterocycles. The maximum atomic E-state index is 13.0. The van der Waals surface area contributed by atoms with Crippen LogP contribution in [-0.4, -0.2) is 46.9 Å². The lowest BCUT2D eigenvalue weighted by Gasteiger charge is -2.46. The zero-order valence-electron chi connectivity index (χ0n) is 20.5. The van der Waals surface area contributed by atoms with Gasteiger partial charge in [0, 0.05) is 48.9 Å². The normalized spacial score (nSPS) is 22.9. The quantitative estimate of drug-likeness (QED) is 0.428. The molecule has 0 saturated carbocycles. The third-order valence-electron chi connectivity index (χ3n) is 8.03. The lowest BCUT2D eigenvalue weighted by molar-refractivity contribution is 0.0772. The Bertz CT molecular complexity index is 1190. The summed E-state index contributed by atoms with van der Waals surface area (Å²) in [5.74, 6) is 1.69. The Kier molecular flexibility index (Phi) is 5.77. The molecule has 0 aliphatic carbocycles. The van der Waals surface area contributed by atoms with E-state index in [1.807, 2.05) is 49.3 Å². The van der Waals surface area contributed by atoms with E-state index in [1.165, 1.54) is 18.4 Å². The number of carbonyl (C=O) groups is 1. The number of hydrogen-bond acceptors (Lipinski definition) is 5. The highest BCUT2D eigenvalue weighted by Gasteiger charge is 2.44. The van der Waals surface area contributed by atoms with Crippen LogP contribution in [0, 0.1) is 0 Å². The van der Waals surface area contributed by atoms with Crippen molar-refractivity contribution in [1.82, 2.24) is 9.80 Å². The Labute approximate surface area is 207 Å². The molecule has 3 aliphatic rings. The highest BCUT2D eigenvalue weighted by atomic mass is 16.5. The van der Waals surface area contributed by atoms with Crippen LogP contribution >= 0.6 is 0 Å². The number of furan rings is 1. The molecule has 182 valence electrons. The van der Waals surface area contributed by atoms with Crippen molar-refractivity contribution in [3.05, 3.63) is 72.2 Å². The lowest BCUT2D eigenvalue weighted by Crippen LogP contribution is -2.49. The Morgan fingerprint density at radius 2 is 1.69 bits per heavy atom. The Balaban J connectivity index is 1.32. The first-order chi connectivity index (χ1) is 17.2. The minimum atomic E-state index is 0.0532. The summed E-state index contributed by atoms with van der Waals surface area (Å²) in [7, 11) is 0. The molecule has 0 N–H and O–H groups in total. The van der Waals surface area contributed by atoms with Crippen molar-refractivity contribution in [1.29, 1.82) is 0 Å². The zero-order chi connectivity index (χ0) is 23.9. The summed E-state index contributed by atoms with van der Waals surface area (Å²) in [5.41, 5.74) is 4.12. The topological polar surface area (TPSA) is 49.2 Å². The van der Waals surface area contributed by atoms with Gasteiger partial charge in [0.1, 0.15) is 0 Å². The van der Waals surface area contributed by atoms with Crippen LogP contribution in [0.2, 0.25) is 0 Å². The molecule has 6 rings (SSSR count). The number of para-hydroxylation sites is 2. The summed E-state index contributed by atoms with van der Waals surface area (Å²) < 4.78 is 11.7. The van der Waals surface area contributed by atoms with E-state index in [0.717, 1.165) is 42.3 Å². The average molecular weight is 472 g/mol. The second-order valence-corrected chi connectivity index (χ2v) is 9.91. The van der Waals surface area contributed by atoms with Gasteiger partial charge >= 0.3 is 0 Å². The maximum Gasteiger partial charge on any atom is 0.253 e. The first-order valence-corrected chi connectivity index (χ1v) is 12.9. The van der Waals surface area contributed by atoms with E-state index in [1.54, 1.807) is 6.26 Å². The van der Waals surface area contributed by atoms with Gasteiger partial charge in [0.25, 0.3) is 5.91 Å². The summed E-state index contributed by atoms with van der Waals surface area (Å²) in [6.07, 6.45) is 8.36. The number of amides is 1. The van der Waals surface area contributed by atoms with Crippen LogP contribution in [0.25, 0.3) is 0 Å². The Morgan fingerprint density at radius 1 is 0.943 bits per heavy atom. The molecule has 1 unspecified atom stereocenters. The SMILES string of the molecule is CCN(CC)C(=O)c1ccc2c(c1)Oc1ccccc1N2C1C[C@H]2CC[C@@H](C1)N2Cc1ccoc1. The number of benzene rings is 2. The van der Waals surface area contributed by atoms with Gasteiger partial charge in [0.2, 0.25) is 0 Å². The van der Waals surface area contributed by atoms with Crippen LogP contribution in [-0.2, 0) is 6.54 Å². The van der Waals surface area contributed by atoms with E-state index in [0.29, 0.717) is 36.8 Å². The van der Waals surface area contributed by atoms with Gasteiger partial charge in [-0.05, 0) is 75.9 Å². The number of carbonyl (C=O) groups excluding carboxylic acids is 1. The number of fused-ring (bicyclic) bond motifs is 4. The lowest BCUT2D eigenvalue weighted by atomic mass is 9.93. The molecule has 0 spiro atoms. The van der Waals surface area contributed by atoms with Crippen LogP contribution in [0.1, 0.15) is 55.5 Å². The molecule has 2 aromatic carbocycles. The van der Waals surface area contributed by atoms with Gasteiger partial charge in [0.05, 0.1) is 23.9 Å². The third-order valence-corrected chi connectivity index (χ3v) is 8.03. The average Bonchev–Trinajstić information content (AvgIpc) is 3.47. The highest BCUT2D eigenvalue weighted by molar-refractivity contribution is 5.96. The zero-order valence-corrected chi connectivity index (χ0v) is 20.5. The minimum absolute atomic E-state index is 0.0532. The second-order valence-electron chi connectivity index (χ2n) is 9.91. The first-order valence-electron chi connectivity index (χ1n) is 12.9. The van der Waals surface area contributed by atoms with Crippen molar-refractivity contribution in [3.63, 3.8) is 0 Å². The molecule has 35 heavy (non-hydrogen) atoms. The fraction of sp³-hybridized carbons (Fsp3) is 0.414. The molecule has 4 heterocycles. The van der Waals surface area contributed by atoms with Gasteiger partial charge in [0.15, 0.2) is 11.5 Å². The van der Waals surface area contributed by atoms with Crippen LogP contribution in [0.3, 0.4) is 0 Å². The molecule has 2 bridgehead atoms. The molecule has 0 radical (unpaired) electrons. The largest absolute Gasteiger partial charge is 0.472 e. The molecule has 3 aromatic rings. The molecule has 1 amide bonds. The van der Waals surface area contributed by atoms with E-state index in [4.69, 9.17) is 9.15 Å². The minimum Gasteiger partial charge on any atom is -0.472 e. The first kappa shape index (κ1) is 22.2.